The van der Waals surface area contributed by atoms with Crippen LogP contribution in [0.25, 0.3) is 0 Å². The van der Waals surface area contributed by atoms with Crippen molar-refractivity contribution in [3.8, 4) is 0 Å². The zero-order chi connectivity index (χ0) is 14.9. The first-order valence-corrected chi connectivity index (χ1v) is 7.00. The van der Waals surface area contributed by atoms with Crippen molar-refractivity contribution in [1.82, 2.24) is 4.90 Å². The summed E-state index contributed by atoms with van der Waals surface area (Å²) in [6, 6.07) is 4.34. The van der Waals surface area contributed by atoms with Gasteiger partial charge in [0.1, 0.15) is 5.02 Å². The smallest absolute Gasteiger partial charge is 0.288 e. The summed E-state index contributed by atoms with van der Waals surface area (Å²) in [6.07, 6.45) is 1.09. The molecule has 1 aliphatic rings. The van der Waals surface area contributed by atoms with E-state index >= 15 is 0 Å². The lowest BCUT2D eigenvalue weighted by molar-refractivity contribution is -0.384. The van der Waals surface area contributed by atoms with Crippen LogP contribution in [0, 0.1) is 22.0 Å². The molecule has 0 aliphatic carbocycles. The minimum atomic E-state index is -0.569. The maximum atomic E-state index is 12.5. The summed E-state index contributed by atoms with van der Waals surface area (Å²) in [5.74, 6) is 0.637. The van der Waals surface area contributed by atoms with E-state index in [1.165, 1.54) is 12.1 Å². The highest BCUT2D eigenvalue weighted by atomic mass is 35.5. The highest BCUT2D eigenvalue weighted by molar-refractivity contribution is 6.35. The molecule has 20 heavy (non-hydrogen) atoms. The minimum Gasteiger partial charge on any atom is -0.338 e. The molecule has 1 fully saturated rings. The molecule has 2 atom stereocenters. The van der Waals surface area contributed by atoms with Gasteiger partial charge in [0.05, 0.1) is 10.5 Å². The third kappa shape index (κ3) is 2.93. The van der Waals surface area contributed by atoms with Gasteiger partial charge in [0.2, 0.25) is 0 Å². The summed E-state index contributed by atoms with van der Waals surface area (Å²) >= 11 is 6.00. The lowest BCUT2D eigenvalue weighted by atomic mass is 9.91. The van der Waals surface area contributed by atoms with Gasteiger partial charge < -0.3 is 4.90 Å². The van der Waals surface area contributed by atoms with Crippen molar-refractivity contribution in [2.24, 2.45) is 11.8 Å². The fourth-order valence-electron chi connectivity index (χ4n) is 2.83. The second-order valence-electron chi connectivity index (χ2n) is 5.55. The number of likely N-dealkylation sites (tertiary alicyclic amines) is 1. The molecule has 0 N–H and O–H groups in total. The number of rotatable bonds is 2. The quantitative estimate of drug-likeness (QED) is 0.621. The van der Waals surface area contributed by atoms with Crippen LogP contribution >= 0.6 is 11.6 Å². The number of benzene rings is 1. The van der Waals surface area contributed by atoms with Crippen molar-refractivity contribution in [1.29, 1.82) is 0 Å². The monoisotopic (exact) mass is 296 g/mol. The largest absolute Gasteiger partial charge is 0.338 e. The Balaban J connectivity index is 2.29. The molecule has 2 rings (SSSR count). The molecule has 1 saturated heterocycles. The Bertz CT molecular complexity index is 537. The first-order valence-electron chi connectivity index (χ1n) is 6.62. The van der Waals surface area contributed by atoms with E-state index in [1.807, 2.05) is 0 Å². The van der Waals surface area contributed by atoms with Crippen LogP contribution < -0.4 is 0 Å². The predicted octanol–water partition coefficient (Wildman–Crippen LogP) is 3.37. The molecule has 1 aromatic carbocycles. The maximum absolute atomic E-state index is 12.5. The number of nitro groups is 1. The van der Waals surface area contributed by atoms with Gasteiger partial charge in [-0.25, -0.2) is 0 Å². The SMILES string of the molecule is CC1CC(C)CN(C(=O)c2cccc([N+](=O)[O-])c2Cl)C1. The Morgan fingerprint density at radius 2 is 1.95 bits per heavy atom. The molecule has 0 aromatic heterocycles. The first kappa shape index (κ1) is 14.8. The number of carbonyl (C=O) groups excluding carboxylic acids is 1. The molecule has 0 saturated carbocycles. The van der Waals surface area contributed by atoms with Gasteiger partial charge in [-0.1, -0.05) is 31.5 Å². The molecular formula is C14H17ClN2O3. The van der Waals surface area contributed by atoms with E-state index in [1.54, 1.807) is 11.0 Å². The van der Waals surface area contributed by atoms with E-state index in [0.717, 1.165) is 6.42 Å². The average Bonchev–Trinajstić information content (AvgIpc) is 2.36. The molecule has 108 valence electrons. The molecule has 0 radical (unpaired) electrons. The van der Waals surface area contributed by atoms with Gasteiger partial charge in [0.15, 0.2) is 0 Å². The zero-order valence-corrected chi connectivity index (χ0v) is 12.3. The van der Waals surface area contributed by atoms with Crippen LogP contribution in [0.5, 0.6) is 0 Å². The Morgan fingerprint density at radius 1 is 1.35 bits per heavy atom. The van der Waals surface area contributed by atoms with Crippen molar-refractivity contribution in [2.45, 2.75) is 20.3 Å². The molecule has 0 bridgehead atoms. The number of amides is 1. The number of carbonyl (C=O) groups is 1. The van der Waals surface area contributed by atoms with Crippen molar-refractivity contribution in [3.63, 3.8) is 0 Å². The molecular weight excluding hydrogens is 280 g/mol. The number of hydrogen-bond donors (Lipinski definition) is 0. The Labute approximate surface area is 122 Å². The average molecular weight is 297 g/mol. The van der Waals surface area contributed by atoms with Gasteiger partial charge in [-0.3, -0.25) is 14.9 Å². The fourth-order valence-corrected chi connectivity index (χ4v) is 3.10. The summed E-state index contributed by atoms with van der Waals surface area (Å²) in [6.45, 7) is 5.54. The lowest BCUT2D eigenvalue weighted by Crippen LogP contribution is -2.42. The number of piperidine rings is 1. The van der Waals surface area contributed by atoms with Crippen LogP contribution in [0.4, 0.5) is 5.69 Å². The van der Waals surface area contributed by atoms with Crippen LogP contribution in [0.1, 0.15) is 30.6 Å². The van der Waals surface area contributed by atoms with Crippen LogP contribution in [0.15, 0.2) is 18.2 Å². The molecule has 1 amide bonds. The van der Waals surface area contributed by atoms with Crippen molar-refractivity contribution < 1.29 is 9.72 Å². The third-order valence-corrected chi connectivity index (χ3v) is 3.96. The van der Waals surface area contributed by atoms with Gasteiger partial charge in [-0.2, -0.15) is 0 Å². The fraction of sp³-hybridized carbons (Fsp3) is 0.500. The summed E-state index contributed by atoms with van der Waals surface area (Å²) in [5.41, 5.74) is -0.0159. The van der Waals surface area contributed by atoms with E-state index < -0.39 is 4.92 Å². The number of nitro benzene ring substituents is 1. The predicted molar refractivity (Wildman–Crippen MR) is 77.0 cm³/mol. The van der Waals surface area contributed by atoms with Crippen LogP contribution in [-0.2, 0) is 0 Å². The normalized spacial score (nSPS) is 22.6. The number of hydrogen-bond acceptors (Lipinski definition) is 3. The van der Waals surface area contributed by atoms with E-state index in [4.69, 9.17) is 11.6 Å². The van der Waals surface area contributed by atoms with E-state index in [0.29, 0.717) is 24.9 Å². The maximum Gasteiger partial charge on any atom is 0.288 e. The van der Waals surface area contributed by atoms with Crippen molar-refractivity contribution in [2.75, 3.05) is 13.1 Å². The van der Waals surface area contributed by atoms with Crippen molar-refractivity contribution in [3.05, 3.63) is 38.9 Å². The van der Waals surface area contributed by atoms with E-state index in [-0.39, 0.29) is 22.2 Å². The molecule has 0 spiro atoms. The van der Waals surface area contributed by atoms with Gasteiger partial charge in [0, 0.05) is 19.2 Å². The van der Waals surface area contributed by atoms with Gasteiger partial charge >= 0.3 is 0 Å². The van der Waals surface area contributed by atoms with E-state index in [9.17, 15) is 14.9 Å². The van der Waals surface area contributed by atoms with Gasteiger partial charge in [0.25, 0.3) is 11.6 Å². The van der Waals surface area contributed by atoms with Crippen LogP contribution in [0.2, 0.25) is 5.02 Å². The van der Waals surface area contributed by atoms with Crippen molar-refractivity contribution >= 4 is 23.2 Å². The molecule has 1 heterocycles. The van der Waals surface area contributed by atoms with E-state index in [2.05, 4.69) is 13.8 Å². The third-order valence-electron chi connectivity index (χ3n) is 3.56. The molecule has 1 aromatic rings. The molecule has 2 unspecified atom stereocenters. The highest BCUT2D eigenvalue weighted by Crippen LogP contribution is 2.30. The zero-order valence-electron chi connectivity index (χ0n) is 11.5. The first-order chi connectivity index (χ1) is 9.40. The van der Waals surface area contributed by atoms with Gasteiger partial charge in [-0.05, 0) is 24.3 Å². The number of halogens is 1. The summed E-state index contributed by atoms with van der Waals surface area (Å²) < 4.78 is 0. The Morgan fingerprint density at radius 3 is 2.50 bits per heavy atom. The second-order valence-corrected chi connectivity index (χ2v) is 5.93. The van der Waals surface area contributed by atoms with Gasteiger partial charge in [-0.15, -0.1) is 0 Å². The number of nitrogens with zero attached hydrogens (tertiary/aromatic N) is 2. The summed E-state index contributed by atoms with van der Waals surface area (Å²) in [5, 5.41) is 10.8. The Hall–Kier alpha value is -1.62. The molecule has 1 aliphatic heterocycles. The second kappa shape index (κ2) is 5.79. The summed E-state index contributed by atoms with van der Waals surface area (Å²) in [7, 11) is 0. The topological polar surface area (TPSA) is 63.5 Å². The Kier molecular flexibility index (Phi) is 4.28. The van der Waals surface area contributed by atoms with Crippen LogP contribution in [-0.4, -0.2) is 28.8 Å². The molecule has 5 nitrogen and oxygen atoms in total. The standard InChI is InChI=1S/C14H17ClN2O3/c1-9-6-10(2)8-16(7-9)14(18)11-4-3-5-12(13(11)15)17(19)20/h3-5,9-10H,6-8H2,1-2H3. The lowest BCUT2D eigenvalue weighted by Gasteiger charge is -2.35. The van der Waals surface area contributed by atoms with Crippen LogP contribution in [0.3, 0.4) is 0 Å². The minimum absolute atomic E-state index is 0.0756. The highest BCUT2D eigenvalue weighted by Gasteiger charge is 2.29. The molecule has 6 heteroatoms. The summed E-state index contributed by atoms with van der Waals surface area (Å²) in [4.78, 5) is 24.5.